The van der Waals surface area contributed by atoms with Crippen molar-refractivity contribution in [2.75, 3.05) is 15.9 Å². The molecule has 92 valence electrons. The van der Waals surface area contributed by atoms with Crippen LogP contribution in [0.5, 0.6) is 0 Å². The Morgan fingerprint density at radius 1 is 1.22 bits per heavy atom. The number of ether oxygens (including phenoxy) is 1. The van der Waals surface area contributed by atoms with Gasteiger partial charge in [0.15, 0.2) is 0 Å². The van der Waals surface area contributed by atoms with Crippen molar-refractivity contribution < 1.29 is 9.53 Å². The summed E-state index contributed by atoms with van der Waals surface area (Å²) in [5, 5.41) is 2.32. The van der Waals surface area contributed by atoms with Crippen LogP contribution in [0, 0.1) is 0 Å². The van der Waals surface area contributed by atoms with Crippen molar-refractivity contribution in [2.45, 2.75) is 6.10 Å². The van der Waals surface area contributed by atoms with E-state index in [2.05, 4.69) is 34.7 Å². The van der Waals surface area contributed by atoms with E-state index in [-0.39, 0.29) is 12.2 Å². The van der Waals surface area contributed by atoms with E-state index in [9.17, 15) is 4.79 Å². The minimum atomic E-state index is -0.244. The molecule has 4 heteroatoms. The first-order valence-corrected chi connectivity index (χ1v) is 7.33. The van der Waals surface area contributed by atoms with Gasteiger partial charge < -0.3 is 4.74 Å². The van der Waals surface area contributed by atoms with Crippen molar-refractivity contribution >= 4 is 45.1 Å². The van der Waals surface area contributed by atoms with Crippen molar-refractivity contribution in [1.82, 2.24) is 0 Å². The van der Waals surface area contributed by atoms with Crippen molar-refractivity contribution in [3.8, 4) is 0 Å². The highest BCUT2D eigenvalue weighted by atomic mass is 127. The van der Waals surface area contributed by atoms with Crippen molar-refractivity contribution in [3.63, 3.8) is 0 Å². The molecule has 2 aromatic carbocycles. The minimum Gasteiger partial charge on any atom is -0.443 e. The lowest BCUT2D eigenvalue weighted by Gasteiger charge is -2.13. The molecule has 0 aromatic heterocycles. The number of hydrogen-bond donors (Lipinski definition) is 0. The summed E-state index contributed by atoms with van der Waals surface area (Å²) >= 11 is 2.24. The van der Waals surface area contributed by atoms with Gasteiger partial charge in [-0.3, -0.25) is 4.90 Å². The fourth-order valence-corrected chi connectivity index (χ4v) is 2.62. The maximum Gasteiger partial charge on any atom is 0.414 e. The van der Waals surface area contributed by atoms with Gasteiger partial charge in [-0.1, -0.05) is 52.9 Å². The summed E-state index contributed by atoms with van der Waals surface area (Å²) in [6.07, 6.45) is -0.239. The lowest BCUT2D eigenvalue weighted by molar-refractivity contribution is 0.153. The fraction of sp³-hybridized carbons (Fsp3) is 0.214. The minimum absolute atomic E-state index is 0.00423. The van der Waals surface area contributed by atoms with E-state index in [1.807, 2.05) is 30.3 Å². The predicted molar refractivity (Wildman–Crippen MR) is 80.5 cm³/mol. The van der Waals surface area contributed by atoms with E-state index >= 15 is 0 Å². The third-order valence-electron chi connectivity index (χ3n) is 3.09. The van der Waals surface area contributed by atoms with Gasteiger partial charge in [-0.15, -0.1) is 0 Å². The molecule has 1 fully saturated rings. The zero-order chi connectivity index (χ0) is 12.5. The molecule has 1 saturated heterocycles. The Balaban J connectivity index is 1.97. The molecule has 0 N–H and O–H groups in total. The summed E-state index contributed by atoms with van der Waals surface area (Å²) in [4.78, 5) is 13.5. The van der Waals surface area contributed by atoms with Gasteiger partial charge in [-0.2, -0.15) is 0 Å². The maximum absolute atomic E-state index is 11.8. The third-order valence-corrected chi connectivity index (χ3v) is 4.07. The highest BCUT2D eigenvalue weighted by Crippen LogP contribution is 2.26. The molecule has 1 amide bonds. The molecule has 1 aliphatic heterocycles. The Morgan fingerprint density at radius 2 is 2.00 bits per heavy atom. The number of hydrogen-bond acceptors (Lipinski definition) is 2. The quantitative estimate of drug-likeness (QED) is 0.610. The first kappa shape index (κ1) is 11.8. The molecule has 0 aliphatic carbocycles. The topological polar surface area (TPSA) is 29.5 Å². The maximum atomic E-state index is 11.8. The van der Waals surface area contributed by atoms with Crippen LogP contribution in [0.3, 0.4) is 0 Å². The fourth-order valence-electron chi connectivity index (χ4n) is 2.16. The molecule has 1 aliphatic rings. The van der Waals surface area contributed by atoms with Crippen LogP contribution in [0.4, 0.5) is 10.5 Å². The molecule has 3 nitrogen and oxygen atoms in total. The largest absolute Gasteiger partial charge is 0.443 e. The molecule has 1 heterocycles. The van der Waals surface area contributed by atoms with Crippen LogP contribution in [0.15, 0.2) is 42.5 Å². The number of alkyl halides is 1. The number of anilines is 1. The molecule has 0 unspecified atom stereocenters. The molecular weight excluding hydrogens is 341 g/mol. The normalized spacial score (nSPS) is 19.3. The molecule has 0 bridgehead atoms. The molecule has 0 radical (unpaired) electrons. The molecule has 2 aromatic rings. The van der Waals surface area contributed by atoms with Crippen LogP contribution in [-0.2, 0) is 4.74 Å². The Bertz CT molecular complexity index is 599. The van der Waals surface area contributed by atoms with E-state index in [0.29, 0.717) is 6.54 Å². The molecule has 0 saturated carbocycles. The SMILES string of the molecule is O=C1O[C@@H](CI)CN1c1ccc2ccccc2c1. The molecule has 0 spiro atoms. The lowest BCUT2D eigenvalue weighted by Crippen LogP contribution is -2.24. The van der Waals surface area contributed by atoms with E-state index in [1.54, 1.807) is 4.90 Å². The van der Waals surface area contributed by atoms with Crippen molar-refractivity contribution in [2.24, 2.45) is 0 Å². The summed E-state index contributed by atoms with van der Waals surface area (Å²) in [5.74, 6) is 0. The lowest BCUT2D eigenvalue weighted by atomic mass is 10.1. The Hall–Kier alpha value is -1.30. The Kier molecular flexibility index (Phi) is 3.11. The second kappa shape index (κ2) is 4.76. The number of rotatable bonds is 2. The highest BCUT2D eigenvalue weighted by molar-refractivity contribution is 14.1. The highest BCUT2D eigenvalue weighted by Gasteiger charge is 2.31. The number of cyclic esters (lactones) is 1. The van der Waals surface area contributed by atoms with Crippen LogP contribution < -0.4 is 4.90 Å². The number of halogens is 1. The number of benzene rings is 2. The van der Waals surface area contributed by atoms with Gasteiger partial charge in [0.1, 0.15) is 6.10 Å². The van der Waals surface area contributed by atoms with Crippen molar-refractivity contribution in [1.29, 1.82) is 0 Å². The van der Waals surface area contributed by atoms with Gasteiger partial charge in [0.05, 0.1) is 6.54 Å². The standard InChI is InChI=1S/C14H12INO2/c15-8-13-9-16(14(17)18-13)12-6-5-10-3-1-2-4-11(10)7-12/h1-7,13H,8-9H2/t13-/m0/s1. The van der Waals surface area contributed by atoms with Gasteiger partial charge in [0.2, 0.25) is 0 Å². The van der Waals surface area contributed by atoms with Gasteiger partial charge >= 0.3 is 6.09 Å². The molecule has 18 heavy (non-hydrogen) atoms. The van der Waals surface area contributed by atoms with Gasteiger partial charge in [0.25, 0.3) is 0 Å². The number of amides is 1. The number of nitrogens with zero attached hydrogens (tertiary/aromatic N) is 1. The monoisotopic (exact) mass is 353 g/mol. The van der Waals surface area contributed by atoms with E-state index in [1.165, 1.54) is 5.39 Å². The number of carbonyl (C=O) groups is 1. The van der Waals surface area contributed by atoms with E-state index in [0.717, 1.165) is 15.5 Å². The summed E-state index contributed by atoms with van der Waals surface area (Å²) < 4.78 is 6.10. The summed E-state index contributed by atoms with van der Waals surface area (Å²) in [5.41, 5.74) is 0.908. The second-order valence-electron chi connectivity index (χ2n) is 4.30. The zero-order valence-electron chi connectivity index (χ0n) is 9.67. The molecular formula is C14H12INO2. The van der Waals surface area contributed by atoms with Gasteiger partial charge in [-0.25, -0.2) is 4.79 Å². The van der Waals surface area contributed by atoms with Crippen LogP contribution >= 0.6 is 22.6 Å². The second-order valence-corrected chi connectivity index (χ2v) is 5.18. The number of carbonyl (C=O) groups excluding carboxylic acids is 1. The first-order chi connectivity index (χ1) is 8.78. The average molecular weight is 353 g/mol. The third kappa shape index (κ3) is 2.05. The van der Waals surface area contributed by atoms with E-state index < -0.39 is 0 Å². The number of fused-ring (bicyclic) bond motifs is 1. The predicted octanol–water partition coefficient (Wildman–Crippen LogP) is 3.60. The van der Waals surface area contributed by atoms with Crippen molar-refractivity contribution in [3.05, 3.63) is 42.5 Å². The van der Waals surface area contributed by atoms with Crippen LogP contribution in [0.2, 0.25) is 0 Å². The van der Waals surface area contributed by atoms with Gasteiger partial charge in [-0.05, 0) is 22.9 Å². The average Bonchev–Trinajstić information content (AvgIpc) is 2.79. The Morgan fingerprint density at radius 3 is 2.72 bits per heavy atom. The smallest absolute Gasteiger partial charge is 0.414 e. The first-order valence-electron chi connectivity index (χ1n) is 5.81. The van der Waals surface area contributed by atoms with Gasteiger partial charge in [0, 0.05) is 10.1 Å². The summed E-state index contributed by atoms with van der Waals surface area (Å²) in [7, 11) is 0. The zero-order valence-corrected chi connectivity index (χ0v) is 11.8. The molecule has 3 rings (SSSR count). The van der Waals surface area contributed by atoms with E-state index in [4.69, 9.17) is 4.74 Å². The van der Waals surface area contributed by atoms with Crippen LogP contribution in [0.1, 0.15) is 0 Å². The molecule has 1 atom stereocenters. The van der Waals surface area contributed by atoms with Crippen LogP contribution in [0.25, 0.3) is 10.8 Å². The Labute approximate surface area is 119 Å². The summed E-state index contributed by atoms with van der Waals surface area (Å²) in [6.45, 7) is 0.639. The summed E-state index contributed by atoms with van der Waals surface area (Å²) in [6, 6.07) is 14.2. The van der Waals surface area contributed by atoms with Crippen LogP contribution in [-0.4, -0.2) is 23.2 Å².